The normalized spacial score (nSPS) is 16.9. The first kappa shape index (κ1) is 25.0. The molecular formula is C25H31ClN2O5. The van der Waals surface area contributed by atoms with E-state index in [0.717, 1.165) is 54.7 Å². The number of carbonyl (C=O) groups is 2. The third-order valence-corrected chi connectivity index (χ3v) is 6.46. The molecule has 1 aliphatic heterocycles. The van der Waals surface area contributed by atoms with E-state index in [2.05, 4.69) is 22.3 Å². The number of aliphatic carboxylic acids is 1. The molecule has 7 nitrogen and oxygen atoms in total. The van der Waals surface area contributed by atoms with Gasteiger partial charge in [0.05, 0.1) is 6.10 Å². The molecule has 3 N–H and O–H groups in total. The van der Waals surface area contributed by atoms with Gasteiger partial charge in [-0.2, -0.15) is 0 Å². The number of aliphatic hydroxyl groups excluding tert-OH is 1. The summed E-state index contributed by atoms with van der Waals surface area (Å²) < 4.78 is 5.48. The molecule has 1 fully saturated rings. The number of ether oxygens (including phenoxy) is 1. The number of fused-ring (bicyclic) bond motifs is 3. The molecular weight excluding hydrogens is 444 g/mol. The number of nitrogens with zero attached hydrogens (tertiary/aromatic N) is 1. The summed E-state index contributed by atoms with van der Waals surface area (Å²) in [6, 6.07) is 15.2. The highest BCUT2D eigenvalue weighted by Crippen LogP contribution is 2.44. The van der Waals surface area contributed by atoms with Gasteiger partial charge in [0.15, 0.2) is 0 Å². The van der Waals surface area contributed by atoms with Gasteiger partial charge in [0.2, 0.25) is 0 Å². The molecule has 1 heterocycles. The number of rotatable bonds is 8. The summed E-state index contributed by atoms with van der Waals surface area (Å²) in [5.41, 5.74) is 4.52. The summed E-state index contributed by atoms with van der Waals surface area (Å²) >= 11 is 0. The highest BCUT2D eigenvalue weighted by atomic mass is 35.5. The van der Waals surface area contributed by atoms with E-state index in [1.165, 1.54) is 0 Å². The molecule has 4 rings (SSSR count). The van der Waals surface area contributed by atoms with Crippen LogP contribution in [0.4, 0.5) is 4.79 Å². The van der Waals surface area contributed by atoms with Gasteiger partial charge in [-0.3, -0.25) is 0 Å². The highest BCUT2D eigenvalue weighted by molar-refractivity contribution is 5.85. The van der Waals surface area contributed by atoms with Crippen LogP contribution in [0.1, 0.15) is 42.7 Å². The number of alkyl carbamates (subject to hydrolysis) is 1. The zero-order chi connectivity index (χ0) is 22.5. The number of piperidine rings is 1. The number of halogens is 1. The van der Waals surface area contributed by atoms with Crippen molar-refractivity contribution in [3.8, 4) is 11.1 Å². The Morgan fingerprint density at radius 2 is 1.61 bits per heavy atom. The summed E-state index contributed by atoms with van der Waals surface area (Å²) in [6.07, 6.45) is 1.55. The maximum absolute atomic E-state index is 12.4. The number of carboxylic acid groups (broad SMARTS) is 1. The Morgan fingerprint density at radius 3 is 2.18 bits per heavy atom. The van der Waals surface area contributed by atoms with E-state index in [1.54, 1.807) is 0 Å². The van der Waals surface area contributed by atoms with Crippen LogP contribution in [0.5, 0.6) is 0 Å². The molecule has 0 saturated carbocycles. The minimum Gasteiger partial charge on any atom is -0.480 e. The maximum atomic E-state index is 12.4. The van der Waals surface area contributed by atoms with E-state index >= 15 is 0 Å². The Kier molecular flexibility index (Phi) is 8.72. The van der Waals surface area contributed by atoms with Crippen LogP contribution in [-0.4, -0.2) is 65.6 Å². The van der Waals surface area contributed by atoms with Crippen molar-refractivity contribution in [2.75, 3.05) is 26.2 Å². The first-order valence-corrected chi connectivity index (χ1v) is 11.3. The quantitative estimate of drug-likeness (QED) is 0.540. The largest absolute Gasteiger partial charge is 0.480 e. The minimum absolute atomic E-state index is 0. The van der Waals surface area contributed by atoms with Gasteiger partial charge in [-0.1, -0.05) is 48.5 Å². The van der Waals surface area contributed by atoms with Crippen molar-refractivity contribution >= 4 is 24.5 Å². The fraction of sp³-hybridized carbons (Fsp3) is 0.440. The second-order valence-electron chi connectivity index (χ2n) is 8.58. The lowest BCUT2D eigenvalue weighted by Crippen LogP contribution is -2.42. The van der Waals surface area contributed by atoms with Gasteiger partial charge in [0.1, 0.15) is 12.6 Å². The molecule has 8 heteroatoms. The smallest absolute Gasteiger partial charge is 0.407 e. The fourth-order valence-corrected chi connectivity index (χ4v) is 4.70. The molecule has 2 aliphatic rings. The Balaban J connectivity index is 0.00000306. The molecule has 1 amide bonds. The molecule has 33 heavy (non-hydrogen) atoms. The number of carboxylic acids is 1. The lowest BCUT2D eigenvalue weighted by molar-refractivity contribution is -0.139. The van der Waals surface area contributed by atoms with Crippen molar-refractivity contribution in [1.82, 2.24) is 10.2 Å². The van der Waals surface area contributed by atoms with Crippen molar-refractivity contribution in [2.24, 2.45) is 0 Å². The molecule has 0 bridgehead atoms. The molecule has 0 aromatic heterocycles. The standard InChI is InChI=1S/C25H30N2O5.ClH/c28-17-11-14-27(15-12-17)13-5-10-23(24(29)30)26-25(31)32-16-22-20-8-3-1-6-18(20)19-7-2-4-9-21(19)22;/h1-4,6-9,17,22-23,28H,5,10-16H2,(H,26,31)(H,29,30);1H/t23-;/m0./s1. The average Bonchev–Trinajstić information content (AvgIpc) is 3.12. The Labute approximate surface area is 200 Å². The van der Waals surface area contributed by atoms with Crippen LogP contribution in [0.2, 0.25) is 0 Å². The van der Waals surface area contributed by atoms with Gasteiger partial charge >= 0.3 is 12.1 Å². The van der Waals surface area contributed by atoms with Crippen LogP contribution >= 0.6 is 12.4 Å². The SMILES string of the molecule is Cl.O=C(N[C@@H](CCCN1CCC(O)CC1)C(=O)O)OCC1c2ccccc2-c2ccccc21. The molecule has 0 spiro atoms. The van der Waals surface area contributed by atoms with E-state index in [-0.39, 0.29) is 31.0 Å². The number of hydrogen-bond donors (Lipinski definition) is 3. The predicted molar refractivity (Wildman–Crippen MR) is 128 cm³/mol. The Hall–Kier alpha value is -2.61. The zero-order valence-corrected chi connectivity index (χ0v) is 19.3. The van der Waals surface area contributed by atoms with E-state index in [9.17, 15) is 19.8 Å². The van der Waals surface area contributed by atoms with Crippen LogP contribution in [0.3, 0.4) is 0 Å². The van der Waals surface area contributed by atoms with Crippen LogP contribution < -0.4 is 5.32 Å². The lowest BCUT2D eigenvalue weighted by Gasteiger charge is -2.29. The van der Waals surface area contributed by atoms with Crippen LogP contribution in [0.15, 0.2) is 48.5 Å². The van der Waals surface area contributed by atoms with Crippen LogP contribution in [-0.2, 0) is 9.53 Å². The van der Waals surface area contributed by atoms with Crippen LogP contribution in [0, 0.1) is 0 Å². The topological polar surface area (TPSA) is 99.1 Å². The summed E-state index contributed by atoms with van der Waals surface area (Å²) in [7, 11) is 0. The second kappa shape index (κ2) is 11.5. The van der Waals surface area contributed by atoms with E-state index in [0.29, 0.717) is 12.8 Å². The first-order chi connectivity index (χ1) is 15.5. The average molecular weight is 475 g/mol. The van der Waals surface area contributed by atoms with Crippen molar-refractivity contribution in [3.63, 3.8) is 0 Å². The highest BCUT2D eigenvalue weighted by Gasteiger charge is 2.29. The predicted octanol–water partition coefficient (Wildman–Crippen LogP) is 3.64. The van der Waals surface area contributed by atoms with Crippen molar-refractivity contribution in [2.45, 2.75) is 43.7 Å². The monoisotopic (exact) mass is 474 g/mol. The molecule has 1 saturated heterocycles. The summed E-state index contributed by atoms with van der Waals surface area (Å²) in [6.45, 7) is 2.54. The zero-order valence-electron chi connectivity index (χ0n) is 18.5. The van der Waals surface area contributed by atoms with Gasteiger partial charge in [0, 0.05) is 19.0 Å². The fourth-order valence-electron chi connectivity index (χ4n) is 4.70. The molecule has 0 radical (unpaired) electrons. The molecule has 1 atom stereocenters. The molecule has 0 unspecified atom stereocenters. The lowest BCUT2D eigenvalue weighted by atomic mass is 9.98. The van der Waals surface area contributed by atoms with Gasteiger partial charge in [0.25, 0.3) is 0 Å². The van der Waals surface area contributed by atoms with Crippen LogP contribution in [0.25, 0.3) is 11.1 Å². The molecule has 178 valence electrons. The number of benzene rings is 2. The van der Waals surface area contributed by atoms with Crippen molar-refractivity contribution in [1.29, 1.82) is 0 Å². The third kappa shape index (κ3) is 6.05. The van der Waals surface area contributed by atoms with Gasteiger partial charge in [-0.25, -0.2) is 9.59 Å². The molecule has 2 aromatic carbocycles. The van der Waals surface area contributed by atoms with Crippen molar-refractivity contribution < 1.29 is 24.5 Å². The number of carbonyl (C=O) groups excluding carboxylic acids is 1. The summed E-state index contributed by atoms with van der Waals surface area (Å²) in [5.74, 6) is -1.13. The number of hydrogen-bond acceptors (Lipinski definition) is 5. The van der Waals surface area contributed by atoms with Gasteiger partial charge in [-0.15, -0.1) is 12.4 Å². The van der Waals surface area contributed by atoms with E-state index in [1.807, 2.05) is 36.4 Å². The Morgan fingerprint density at radius 1 is 1.03 bits per heavy atom. The molecule has 1 aliphatic carbocycles. The van der Waals surface area contributed by atoms with Gasteiger partial charge in [-0.05, 0) is 54.5 Å². The number of nitrogens with one attached hydrogen (secondary N) is 1. The van der Waals surface area contributed by atoms with E-state index in [4.69, 9.17) is 4.74 Å². The number of aliphatic hydroxyl groups is 1. The maximum Gasteiger partial charge on any atom is 0.407 e. The number of likely N-dealkylation sites (tertiary alicyclic amines) is 1. The molecule has 2 aromatic rings. The minimum atomic E-state index is -1.06. The second-order valence-corrected chi connectivity index (χ2v) is 8.58. The Bertz CT molecular complexity index is 916. The summed E-state index contributed by atoms with van der Waals surface area (Å²) in [5, 5.41) is 21.6. The van der Waals surface area contributed by atoms with Gasteiger partial charge < -0.3 is 25.2 Å². The van der Waals surface area contributed by atoms with Crippen molar-refractivity contribution in [3.05, 3.63) is 59.7 Å². The van der Waals surface area contributed by atoms with E-state index < -0.39 is 18.1 Å². The third-order valence-electron chi connectivity index (χ3n) is 6.46. The first-order valence-electron chi connectivity index (χ1n) is 11.3. The summed E-state index contributed by atoms with van der Waals surface area (Å²) in [4.78, 5) is 26.3. The number of amides is 1.